The molecule has 0 radical (unpaired) electrons. The highest BCUT2D eigenvalue weighted by molar-refractivity contribution is 7.89. The molecule has 0 unspecified atom stereocenters. The molecular formula is C27H27NO5S. The van der Waals surface area contributed by atoms with Crippen molar-refractivity contribution in [3.8, 4) is 22.6 Å². The Morgan fingerprint density at radius 2 is 1.68 bits per heavy atom. The number of carbonyl (C=O) groups excluding carboxylic acids is 1. The maximum atomic E-state index is 13.5. The van der Waals surface area contributed by atoms with Crippen molar-refractivity contribution in [3.05, 3.63) is 77.4 Å². The summed E-state index contributed by atoms with van der Waals surface area (Å²) in [6.45, 7) is 2.21. The van der Waals surface area contributed by atoms with Crippen molar-refractivity contribution in [2.24, 2.45) is 0 Å². The van der Waals surface area contributed by atoms with E-state index in [1.807, 2.05) is 49.4 Å². The number of Topliss-reactive ketones (excluding diaryl/α,β-unsaturated/α-hetero) is 1. The molecule has 1 heterocycles. The summed E-state index contributed by atoms with van der Waals surface area (Å²) in [5.41, 5.74) is 4.19. The number of carbonyl (C=O) groups is 1. The lowest BCUT2D eigenvalue weighted by molar-refractivity contribution is -0.120. The average Bonchev–Trinajstić information content (AvgIpc) is 3.51. The van der Waals surface area contributed by atoms with E-state index in [0.29, 0.717) is 17.9 Å². The lowest BCUT2D eigenvalue weighted by Gasteiger charge is -2.17. The molecule has 0 N–H and O–H groups in total. The van der Waals surface area contributed by atoms with Crippen molar-refractivity contribution in [1.29, 1.82) is 0 Å². The van der Waals surface area contributed by atoms with Gasteiger partial charge in [-0.2, -0.15) is 0 Å². The van der Waals surface area contributed by atoms with Crippen molar-refractivity contribution < 1.29 is 22.7 Å². The molecule has 7 heteroatoms. The molecule has 1 fully saturated rings. The molecule has 0 aromatic heterocycles. The van der Waals surface area contributed by atoms with E-state index >= 15 is 0 Å². The van der Waals surface area contributed by atoms with Gasteiger partial charge in [0.2, 0.25) is 16.8 Å². The van der Waals surface area contributed by atoms with Gasteiger partial charge in [0.05, 0.1) is 10.3 Å². The van der Waals surface area contributed by atoms with Crippen molar-refractivity contribution in [2.45, 2.75) is 36.5 Å². The Balaban J connectivity index is 1.43. The Labute approximate surface area is 200 Å². The highest BCUT2D eigenvalue weighted by atomic mass is 32.2. The summed E-state index contributed by atoms with van der Waals surface area (Å²) < 4.78 is 37.3. The van der Waals surface area contributed by atoms with Crippen LogP contribution in [-0.2, 0) is 26.7 Å². The third-order valence-corrected chi connectivity index (χ3v) is 8.67. The van der Waals surface area contributed by atoms with Crippen molar-refractivity contribution in [1.82, 2.24) is 4.31 Å². The standard InChI is InChI=1S/C27H27NO5S/c1-18-7-8-20(19-5-4-6-23(14-19)34(30,31)28(2)3)13-21(18)15-26(29)27(11-12-27)22-9-10-24-25(16-22)33-17-32-24/h4-10,13-14,16H,11-12,15,17H2,1-3H3. The minimum atomic E-state index is -3.53. The Morgan fingerprint density at radius 3 is 2.41 bits per heavy atom. The topological polar surface area (TPSA) is 72.9 Å². The molecule has 0 atom stereocenters. The molecular weight excluding hydrogens is 450 g/mol. The summed E-state index contributed by atoms with van der Waals surface area (Å²) in [5, 5.41) is 0. The number of hydrogen-bond donors (Lipinski definition) is 0. The van der Waals surface area contributed by atoms with Gasteiger partial charge in [-0.25, -0.2) is 12.7 Å². The van der Waals surface area contributed by atoms with Crippen LogP contribution in [0.15, 0.2) is 65.6 Å². The smallest absolute Gasteiger partial charge is 0.242 e. The van der Waals surface area contributed by atoms with E-state index in [1.54, 1.807) is 18.2 Å². The SMILES string of the molecule is Cc1ccc(-c2cccc(S(=O)(=O)N(C)C)c2)cc1CC(=O)C1(c2ccc3c(c2)OCO3)CC1. The van der Waals surface area contributed by atoms with Crippen LogP contribution in [0, 0.1) is 6.92 Å². The Kier molecular flexibility index (Phi) is 5.49. The van der Waals surface area contributed by atoms with Gasteiger partial charge in [0, 0.05) is 20.5 Å². The number of hydrogen-bond acceptors (Lipinski definition) is 5. The fraction of sp³-hybridized carbons (Fsp3) is 0.296. The molecule has 34 heavy (non-hydrogen) atoms. The lowest BCUT2D eigenvalue weighted by atomic mass is 9.86. The van der Waals surface area contributed by atoms with Crippen LogP contribution >= 0.6 is 0 Å². The minimum absolute atomic E-state index is 0.190. The highest BCUT2D eigenvalue weighted by Gasteiger charge is 2.50. The van der Waals surface area contributed by atoms with E-state index in [-0.39, 0.29) is 17.5 Å². The summed E-state index contributed by atoms with van der Waals surface area (Å²) in [7, 11) is -0.492. The van der Waals surface area contributed by atoms with Gasteiger partial charge in [-0.3, -0.25) is 4.79 Å². The predicted octanol–water partition coefficient (Wildman–Crippen LogP) is 4.48. The van der Waals surface area contributed by atoms with Crippen molar-refractivity contribution >= 4 is 15.8 Å². The quantitative estimate of drug-likeness (QED) is 0.502. The Hall–Kier alpha value is -3.16. The van der Waals surface area contributed by atoms with Crippen LogP contribution < -0.4 is 9.47 Å². The van der Waals surface area contributed by atoms with E-state index in [1.165, 1.54) is 18.4 Å². The molecule has 0 spiro atoms. The average molecular weight is 478 g/mol. The zero-order valence-electron chi connectivity index (χ0n) is 19.5. The summed E-state index contributed by atoms with van der Waals surface area (Å²) in [6.07, 6.45) is 1.98. The van der Waals surface area contributed by atoms with Crippen LogP contribution in [0.4, 0.5) is 0 Å². The van der Waals surface area contributed by atoms with Crippen LogP contribution in [-0.4, -0.2) is 39.4 Å². The largest absolute Gasteiger partial charge is 0.454 e. The van der Waals surface area contributed by atoms with Gasteiger partial charge in [0.15, 0.2) is 11.5 Å². The number of ether oxygens (including phenoxy) is 2. The third kappa shape index (κ3) is 3.89. The zero-order valence-corrected chi connectivity index (χ0v) is 20.3. The normalized spacial score (nSPS) is 16.0. The van der Waals surface area contributed by atoms with Gasteiger partial charge in [0.25, 0.3) is 0 Å². The second-order valence-electron chi connectivity index (χ2n) is 9.21. The number of rotatable bonds is 7. The van der Waals surface area contributed by atoms with E-state index in [4.69, 9.17) is 9.47 Å². The van der Waals surface area contributed by atoms with E-state index in [9.17, 15) is 13.2 Å². The number of ketones is 1. The van der Waals surface area contributed by atoms with Gasteiger partial charge in [0.1, 0.15) is 5.78 Å². The summed E-state index contributed by atoms with van der Waals surface area (Å²) in [4.78, 5) is 13.7. The molecule has 3 aromatic carbocycles. The fourth-order valence-corrected chi connectivity index (χ4v) is 5.43. The first-order chi connectivity index (χ1) is 16.2. The number of aryl methyl sites for hydroxylation is 1. The molecule has 1 aliphatic carbocycles. The summed E-state index contributed by atoms with van der Waals surface area (Å²) >= 11 is 0. The first kappa shape index (κ1) is 22.6. The Morgan fingerprint density at radius 1 is 0.941 bits per heavy atom. The third-order valence-electron chi connectivity index (χ3n) is 6.85. The lowest BCUT2D eigenvalue weighted by Crippen LogP contribution is -2.23. The molecule has 3 aromatic rings. The van der Waals surface area contributed by atoms with Crippen LogP contribution in [0.5, 0.6) is 11.5 Å². The van der Waals surface area contributed by atoms with Crippen LogP contribution in [0.3, 0.4) is 0 Å². The van der Waals surface area contributed by atoms with Gasteiger partial charge in [-0.15, -0.1) is 0 Å². The molecule has 0 saturated heterocycles. The zero-order chi connectivity index (χ0) is 24.1. The maximum absolute atomic E-state index is 13.5. The molecule has 0 amide bonds. The molecule has 1 saturated carbocycles. The van der Waals surface area contributed by atoms with E-state index < -0.39 is 15.4 Å². The predicted molar refractivity (Wildman–Crippen MR) is 130 cm³/mol. The minimum Gasteiger partial charge on any atom is -0.454 e. The fourth-order valence-electron chi connectivity index (χ4n) is 4.48. The van der Waals surface area contributed by atoms with Crippen molar-refractivity contribution in [3.63, 3.8) is 0 Å². The maximum Gasteiger partial charge on any atom is 0.242 e. The second-order valence-corrected chi connectivity index (χ2v) is 11.4. The molecule has 1 aliphatic heterocycles. The molecule has 5 rings (SSSR count). The molecule has 6 nitrogen and oxygen atoms in total. The van der Waals surface area contributed by atoms with Gasteiger partial charge in [-0.1, -0.05) is 36.4 Å². The van der Waals surface area contributed by atoms with Gasteiger partial charge < -0.3 is 9.47 Å². The molecule has 0 bridgehead atoms. The second kappa shape index (κ2) is 8.25. The molecule has 2 aliphatic rings. The van der Waals surface area contributed by atoms with Gasteiger partial charge >= 0.3 is 0 Å². The first-order valence-corrected chi connectivity index (χ1v) is 12.7. The van der Waals surface area contributed by atoms with Gasteiger partial charge in [-0.05, 0) is 71.8 Å². The number of benzene rings is 3. The number of nitrogens with zero attached hydrogens (tertiary/aromatic N) is 1. The Bertz CT molecular complexity index is 1390. The van der Waals surface area contributed by atoms with Crippen LogP contribution in [0.1, 0.15) is 29.5 Å². The summed E-state index contributed by atoms with van der Waals surface area (Å²) in [5.74, 6) is 1.60. The number of sulfonamides is 1. The number of fused-ring (bicyclic) bond motifs is 1. The van der Waals surface area contributed by atoms with E-state index in [0.717, 1.165) is 40.7 Å². The summed E-state index contributed by atoms with van der Waals surface area (Å²) in [6, 6.07) is 18.7. The highest BCUT2D eigenvalue weighted by Crippen LogP contribution is 2.51. The van der Waals surface area contributed by atoms with Crippen LogP contribution in [0.25, 0.3) is 11.1 Å². The van der Waals surface area contributed by atoms with Crippen LogP contribution in [0.2, 0.25) is 0 Å². The van der Waals surface area contributed by atoms with Crippen molar-refractivity contribution in [2.75, 3.05) is 20.9 Å². The van der Waals surface area contributed by atoms with E-state index in [2.05, 4.69) is 0 Å². The first-order valence-electron chi connectivity index (χ1n) is 11.3. The molecule has 176 valence electrons. The monoisotopic (exact) mass is 477 g/mol.